The summed E-state index contributed by atoms with van der Waals surface area (Å²) in [6.07, 6.45) is 0.939. The van der Waals surface area contributed by atoms with Crippen LogP contribution in [-0.2, 0) is 15.9 Å². The van der Waals surface area contributed by atoms with Gasteiger partial charge in [-0.05, 0) is 68.9 Å². The van der Waals surface area contributed by atoms with Crippen LogP contribution in [0, 0.1) is 5.82 Å². The fourth-order valence-corrected chi connectivity index (χ4v) is 4.50. The Balaban J connectivity index is 1.50. The van der Waals surface area contributed by atoms with Crippen LogP contribution in [0.4, 0.5) is 14.0 Å². The highest BCUT2D eigenvalue weighted by atomic mass is 19.1. The molecule has 0 aromatic heterocycles. The number of benzene rings is 2. The standard InChI is InChI=1S/C26H31FN2O4/c1-26(2,3)33-24(30)28-15-6-8-21(17-28)32-25(31)29-16-14-18-7-4-5-9-22(18)23(29)19-10-12-20(27)13-11-19/h4-5,7,9-13,21,23H,6,8,14-17H2,1-3H3/t21?,23-/m0/s1. The monoisotopic (exact) mass is 454 g/mol. The van der Waals surface area contributed by atoms with Gasteiger partial charge in [0.15, 0.2) is 0 Å². The van der Waals surface area contributed by atoms with Crippen molar-refractivity contribution in [2.75, 3.05) is 19.6 Å². The largest absolute Gasteiger partial charge is 0.444 e. The lowest BCUT2D eigenvalue weighted by Crippen LogP contribution is -2.48. The molecule has 2 atom stereocenters. The Hall–Kier alpha value is -3.09. The molecule has 0 aliphatic carbocycles. The summed E-state index contributed by atoms with van der Waals surface area (Å²) in [5, 5.41) is 0. The van der Waals surface area contributed by atoms with Gasteiger partial charge in [0.1, 0.15) is 17.5 Å². The van der Waals surface area contributed by atoms with Gasteiger partial charge < -0.3 is 14.4 Å². The minimum absolute atomic E-state index is 0.312. The number of likely N-dealkylation sites (tertiary alicyclic amines) is 1. The van der Waals surface area contributed by atoms with Crippen molar-refractivity contribution in [2.45, 2.75) is 57.8 Å². The fourth-order valence-electron chi connectivity index (χ4n) is 4.50. The molecule has 1 fully saturated rings. The zero-order valence-corrected chi connectivity index (χ0v) is 19.4. The number of rotatable bonds is 2. The van der Waals surface area contributed by atoms with E-state index in [1.807, 2.05) is 39.0 Å². The van der Waals surface area contributed by atoms with Crippen LogP contribution in [-0.4, -0.2) is 53.3 Å². The molecule has 176 valence electrons. The summed E-state index contributed by atoms with van der Waals surface area (Å²) in [4.78, 5) is 29.1. The molecule has 2 heterocycles. The van der Waals surface area contributed by atoms with Gasteiger partial charge in [0.05, 0.1) is 12.6 Å². The third-order valence-electron chi connectivity index (χ3n) is 6.00. The van der Waals surface area contributed by atoms with E-state index in [0.717, 1.165) is 24.0 Å². The molecule has 0 saturated carbocycles. The van der Waals surface area contributed by atoms with Crippen LogP contribution in [0.3, 0.4) is 0 Å². The van der Waals surface area contributed by atoms with Gasteiger partial charge in [-0.1, -0.05) is 36.4 Å². The molecule has 0 bridgehead atoms. The summed E-state index contributed by atoms with van der Waals surface area (Å²) in [6.45, 7) is 6.88. The van der Waals surface area contributed by atoms with Crippen molar-refractivity contribution >= 4 is 12.2 Å². The molecule has 0 radical (unpaired) electrons. The van der Waals surface area contributed by atoms with E-state index in [1.165, 1.54) is 17.7 Å². The summed E-state index contributed by atoms with van der Waals surface area (Å²) in [5.41, 5.74) is 2.44. The van der Waals surface area contributed by atoms with Gasteiger partial charge in [0.25, 0.3) is 0 Å². The second-order valence-corrected chi connectivity index (χ2v) is 9.67. The molecular weight excluding hydrogens is 423 g/mol. The molecule has 0 N–H and O–H groups in total. The second kappa shape index (κ2) is 9.41. The number of hydrogen-bond acceptors (Lipinski definition) is 4. The SMILES string of the molecule is CC(C)(C)OC(=O)N1CCCC(OC(=O)N2CCc3ccccc3[C@@H]2c2ccc(F)cc2)C1. The molecule has 1 saturated heterocycles. The minimum atomic E-state index is -0.579. The first-order valence-corrected chi connectivity index (χ1v) is 11.5. The minimum Gasteiger partial charge on any atom is -0.444 e. The van der Waals surface area contributed by atoms with Crippen molar-refractivity contribution in [3.63, 3.8) is 0 Å². The van der Waals surface area contributed by atoms with E-state index in [4.69, 9.17) is 9.47 Å². The van der Waals surface area contributed by atoms with E-state index in [0.29, 0.717) is 26.1 Å². The molecule has 2 aromatic rings. The Bertz CT molecular complexity index is 1000. The maximum absolute atomic E-state index is 13.6. The molecule has 1 unspecified atom stereocenters. The lowest BCUT2D eigenvalue weighted by atomic mass is 9.88. The Labute approximate surface area is 194 Å². The Morgan fingerprint density at radius 2 is 1.73 bits per heavy atom. The number of fused-ring (bicyclic) bond motifs is 1. The van der Waals surface area contributed by atoms with Gasteiger partial charge in [-0.3, -0.25) is 4.90 Å². The highest BCUT2D eigenvalue weighted by Gasteiger charge is 2.35. The number of carbonyl (C=O) groups is 2. The predicted molar refractivity (Wildman–Crippen MR) is 122 cm³/mol. The smallest absolute Gasteiger partial charge is 0.410 e. The highest BCUT2D eigenvalue weighted by Crippen LogP contribution is 2.36. The van der Waals surface area contributed by atoms with Crippen LogP contribution in [0.1, 0.15) is 56.3 Å². The summed E-state index contributed by atoms with van der Waals surface area (Å²) < 4.78 is 24.9. The van der Waals surface area contributed by atoms with Gasteiger partial charge in [0.2, 0.25) is 0 Å². The molecule has 7 heteroatoms. The lowest BCUT2D eigenvalue weighted by Gasteiger charge is -2.39. The average molecular weight is 455 g/mol. The number of amides is 2. The second-order valence-electron chi connectivity index (χ2n) is 9.67. The first-order chi connectivity index (χ1) is 15.7. The molecule has 2 aliphatic rings. The molecular formula is C26H31FN2O4. The summed E-state index contributed by atoms with van der Waals surface area (Å²) in [6, 6.07) is 13.9. The summed E-state index contributed by atoms with van der Waals surface area (Å²) >= 11 is 0. The lowest BCUT2D eigenvalue weighted by molar-refractivity contribution is -0.00923. The summed E-state index contributed by atoms with van der Waals surface area (Å²) in [5.74, 6) is -0.318. The zero-order chi connectivity index (χ0) is 23.6. The molecule has 4 rings (SSSR count). The topological polar surface area (TPSA) is 59.1 Å². The van der Waals surface area contributed by atoms with E-state index in [2.05, 4.69) is 6.07 Å². The zero-order valence-electron chi connectivity index (χ0n) is 19.4. The first kappa shape index (κ1) is 23.1. The van der Waals surface area contributed by atoms with Crippen molar-refractivity contribution in [3.05, 3.63) is 71.0 Å². The van der Waals surface area contributed by atoms with E-state index >= 15 is 0 Å². The van der Waals surface area contributed by atoms with Gasteiger partial charge in [0, 0.05) is 13.1 Å². The van der Waals surface area contributed by atoms with E-state index in [1.54, 1.807) is 21.9 Å². The summed E-state index contributed by atoms with van der Waals surface area (Å²) in [7, 11) is 0. The van der Waals surface area contributed by atoms with Crippen LogP contribution < -0.4 is 0 Å². The Kier molecular flexibility index (Phi) is 6.58. The van der Waals surface area contributed by atoms with Gasteiger partial charge in [-0.15, -0.1) is 0 Å². The van der Waals surface area contributed by atoms with E-state index < -0.39 is 17.8 Å². The molecule has 6 nitrogen and oxygen atoms in total. The van der Waals surface area contributed by atoms with Crippen LogP contribution in [0.5, 0.6) is 0 Å². The Morgan fingerprint density at radius 1 is 1.00 bits per heavy atom. The van der Waals surface area contributed by atoms with Crippen LogP contribution >= 0.6 is 0 Å². The van der Waals surface area contributed by atoms with Crippen molar-refractivity contribution < 1.29 is 23.5 Å². The molecule has 0 spiro atoms. The molecule has 2 aromatic carbocycles. The van der Waals surface area contributed by atoms with Gasteiger partial charge >= 0.3 is 12.2 Å². The van der Waals surface area contributed by atoms with Crippen molar-refractivity contribution in [3.8, 4) is 0 Å². The third-order valence-corrected chi connectivity index (χ3v) is 6.00. The van der Waals surface area contributed by atoms with Gasteiger partial charge in [-0.25, -0.2) is 14.0 Å². The third kappa shape index (κ3) is 5.46. The number of ether oxygens (including phenoxy) is 2. The van der Waals surface area contributed by atoms with Crippen LogP contribution in [0.15, 0.2) is 48.5 Å². The number of halogens is 1. The van der Waals surface area contributed by atoms with Crippen molar-refractivity contribution in [2.24, 2.45) is 0 Å². The first-order valence-electron chi connectivity index (χ1n) is 11.5. The quantitative estimate of drug-likeness (QED) is 0.617. The van der Waals surface area contributed by atoms with E-state index in [9.17, 15) is 14.0 Å². The molecule has 2 amide bonds. The Morgan fingerprint density at radius 3 is 2.45 bits per heavy atom. The number of carbonyl (C=O) groups excluding carboxylic acids is 2. The number of hydrogen-bond donors (Lipinski definition) is 0. The van der Waals surface area contributed by atoms with Crippen LogP contribution in [0.25, 0.3) is 0 Å². The normalized spacial score (nSPS) is 20.7. The number of piperidine rings is 1. The fraction of sp³-hybridized carbons (Fsp3) is 0.462. The van der Waals surface area contributed by atoms with Gasteiger partial charge in [-0.2, -0.15) is 0 Å². The molecule has 33 heavy (non-hydrogen) atoms. The van der Waals surface area contributed by atoms with Crippen LogP contribution in [0.2, 0.25) is 0 Å². The maximum Gasteiger partial charge on any atom is 0.410 e. The highest BCUT2D eigenvalue weighted by molar-refractivity contribution is 5.71. The predicted octanol–water partition coefficient (Wildman–Crippen LogP) is 5.31. The average Bonchev–Trinajstić information content (AvgIpc) is 2.78. The molecule has 2 aliphatic heterocycles. The maximum atomic E-state index is 13.6. The van der Waals surface area contributed by atoms with E-state index in [-0.39, 0.29) is 18.0 Å². The number of nitrogens with zero attached hydrogens (tertiary/aromatic N) is 2. The van der Waals surface area contributed by atoms with Crippen molar-refractivity contribution in [1.82, 2.24) is 9.80 Å². The van der Waals surface area contributed by atoms with Crippen molar-refractivity contribution in [1.29, 1.82) is 0 Å².